The number of hydrogen-bond acceptors (Lipinski definition) is 3. The Morgan fingerprint density at radius 3 is 2.95 bits per heavy atom. The summed E-state index contributed by atoms with van der Waals surface area (Å²) in [6.07, 6.45) is 3.79. The first-order valence-electron chi connectivity index (χ1n) is 6.55. The maximum atomic E-state index is 12.1. The fraction of sp³-hybridized carbons (Fsp3) is 0.500. The monoisotopic (exact) mass is 316 g/mol. The summed E-state index contributed by atoms with van der Waals surface area (Å²) in [5.74, 6) is 0.448. The van der Waals surface area contributed by atoms with Crippen LogP contribution in [0.4, 0.5) is 0 Å². The van der Waals surface area contributed by atoms with Crippen molar-refractivity contribution in [2.75, 3.05) is 19.3 Å². The molecule has 1 aromatic rings. The van der Waals surface area contributed by atoms with Crippen LogP contribution in [-0.4, -0.2) is 35.5 Å². The SMILES string of the molecule is CS(=O)Cc1cccc(C(=O)NC2CCCNC2)c1.Cl. The molecular formula is C14H21ClN2O2S. The highest BCUT2D eigenvalue weighted by Crippen LogP contribution is 2.09. The second kappa shape index (κ2) is 8.39. The highest BCUT2D eigenvalue weighted by atomic mass is 35.5. The first-order chi connectivity index (χ1) is 9.15. The third kappa shape index (κ3) is 5.23. The molecule has 2 N–H and O–H groups in total. The van der Waals surface area contributed by atoms with E-state index in [0.29, 0.717) is 11.3 Å². The lowest BCUT2D eigenvalue weighted by Gasteiger charge is -2.23. The van der Waals surface area contributed by atoms with Crippen LogP contribution in [0.5, 0.6) is 0 Å². The summed E-state index contributed by atoms with van der Waals surface area (Å²) in [6.45, 7) is 1.87. The minimum absolute atomic E-state index is 0. The molecule has 4 nitrogen and oxygen atoms in total. The van der Waals surface area contributed by atoms with Crippen molar-refractivity contribution < 1.29 is 9.00 Å². The maximum absolute atomic E-state index is 12.1. The minimum atomic E-state index is -0.886. The second-order valence-corrected chi connectivity index (χ2v) is 6.37. The molecule has 6 heteroatoms. The van der Waals surface area contributed by atoms with E-state index in [2.05, 4.69) is 10.6 Å². The Morgan fingerprint density at radius 2 is 2.30 bits per heavy atom. The van der Waals surface area contributed by atoms with Gasteiger partial charge in [-0.2, -0.15) is 0 Å². The number of carbonyl (C=O) groups is 1. The summed E-state index contributed by atoms with van der Waals surface area (Å²) >= 11 is 0. The van der Waals surface area contributed by atoms with Gasteiger partial charge in [0.15, 0.2) is 0 Å². The molecule has 0 radical (unpaired) electrons. The van der Waals surface area contributed by atoms with Gasteiger partial charge < -0.3 is 10.6 Å². The number of piperidine rings is 1. The molecule has 1 aromatic carbocycles. The summed E-state index contributed by atoms with van der Waals surface area (Å²) in [4.78, 5) is 12.1. The number of hydrogen-bond donors (Lipinski definition) is 2. The molecule has 0 spiro atoms. The van der Waals surface area contributed by atoms with Crippen LogP contribution in [0, 0.1) is 0 Å². The molecule has 1 fully saturated rings. The van der Waals surface area contributed by atoms with Gasteiger partial charge in [0.2, 0.25) is 0 Å². The standard InChI is InChI=1S/C14H20N2O2S.ClH/c1-19(18)10-11-4-2-5-12(8-11)14(17)16-13-6-3-7-15-9-13;/h2,4-5,8,13,15H,3,6-7,9-10H2,1H3,(H,16,17);1H. The Labute approximate surface area is 128 Å². The first kappa shape index (κ1) is 17.1. The Kier molecular flexibility index (Phi) is 7.19. The zero-order valence-electron chi connectivity index (χ0n) is 11.6. The fourth-order valence-corrected chi connectivity index (χ4v) is 2.93. The molecule has 0 bridgehead atoms. The molecular weight excluding hydrogens is 296 g/mol. The van der Waals surface area contributed by atoms with E-state index >= 15 is 0 Å². The van der Waals surface area contributed by atoms with Crippen LogP contribution < -0.4 is 10.6 Å². The molecule has 1 heterocycles. The molecule has 0 aliphatic carbocycles. The molecule has 20 heavy (non-hydrogen) atoms. The van der Waals surface area contributed by atoms with Gasteiger partial charge in [-0.3, -0.25) is 9.00 Å². The van der Waals surface area contributed by atoms with Gasteiger partial charge in [0.1, 0.15) is 0 Å². The lowest BCUT2D eigenvalue weighted by atomic mass is 10.1. The lowest BCUT2D eigenvalue weighted by Crippen LogP contribution is -2.45. The maximum Gasteiger partial charge on any atom is 0.251 e. The highest BCUT2D eigenvalue weighted by molar-refractivity contribution is 7.83. The van der Waals surface area contributed by atoms with E-state index in [1.807, 2.05) is 18.2 Å². The van der Waals surface area contributed by atoms with Crippen LogP contribution in [-0.2, 0) is 16.6 Å². The zero-order valence-corrected chi connectivity index (χ0v) is 13.2. The molecule has 0 saturated carbocycles. The van der Waals surface area contributed by atoms with Crippen molar-refractivity contribution in [2.24, 2.45) is 0 Å². The quantitative estimate of drug-likeness (QED) is 0.884. The van der Waals surface area contributed by atoms with Crippen LogP contribution in [0.1, 0.15) is 28.8 Å². The lowest BCUT2D eigenvalue weighted by molar-refractivity contribution is 0.0930. The average molecular weight is 317 g/mol. The van der Waals surface area contributed by atoms with Crippen molar-refractivity contribution >= 4 is 29.1 Å². The van der Waals surface area contributed by atoms with E-state index < -0.39 is 10.8 Å². The number of rotatable bonds is 4. The highest BCUT2D eigenvalue weighted by Gasteiger charge is 2.16. The average Bonchev–Trinajstić information content (AvgIpc) is 2.39. The predicted molar refractivity (Wildman–Crippen MR) is 84.8 cm³/mol. The second-order valence-electron chi connectivity index (χ2n) is 4.93. The van der Waals surface area contributed by atoms with Gasteiger partial charge >= 0.3 is 0 Å². The van der Waals surface area contributed by atoms with E-state index in [4.69, 9.17) is 0 Å². The van der Waals surface area contributed by atoms with Crippen LogP contribution >= 0.6 is 12.4 Å². The Bertz CT molecular complexity index is 476. The molecule has 0 aromatic heterocycles. The molecule has 1 saturated heterocycles. The van der Waals surface area contributed by atoms with Gasteiger partial charge in [0, 0.05) is 41.0 Å². The van der Waals surface area contributed by atoms with Crippen molar-refractivity contribution in [1.29, 1.82) is 0 Å². The van der Waals surface area contributed by atoms with Gasteiger partial charge in [-0.1, -0.05) is 12.1 Å². The van der Waals surface area contributed by atoms with E-state index in [1.54, 1.807) is 12.3 Å². The van der Waals surface area contributed by atoms with E-state index in [-0.39, 0.29) is 24.4 Å². The fourth-order valence-electron chi connectivity index (χ4n) is 2.28. The molecule has 1 aliphatic rings. The van der Waals surface area contributed by atoms with Crippen LogP contribution in [0.2, 0.25) is 0 Å². The van der Waals surface area contributed by atoms with Gasteiger partial charge in [-0.25, -0.2) is 0 Å². The van der Waals surface area contributed by atoms with Gasteiger partial charge in [0.05, 0.1) is 0 Å². The van der Waals surface area contributed by atoms with Crippen molar-refractivity contribution in [3.8, 4) is 0 Å². The smallest absolute Gasteiger partial charge is 0.251 e. The number of benzene rings is 1. The van der Waals surface area contributed by atoms with Gasteiger partial charge in [0.25, 0.3) is 5.91 Å². The van der Waals surface area contributed by atoms with E-state index in [0.717, 1.165) is 31.5 Å². The topological polar surface area (TPSA) is 58.2 Å². The third-order valence-electron chi connectivity index (χ3n) is 3.19. The largest absolute Gasteiger partial charge is 0.348 e. The Morgan fingerprint density at radius 1 is 1.50 bits per heavy atom. The van der Waals surface area contributed by atoms with Gasteiger partial charge in [-0.15, -0.1) is 12.4 Å². The minimum Gasteiger partial charge on any atom is -0.348 e. The summed E-state index contributed by atoms with van der Waals surface area (Å²) in [6, 6.07) is 7.59. The van der Waals surface area contributed by atoms with Crippen molar-refractivity contribution in [2.45, 2.75) is 24.6 Å². The molecule has 2 unspecified atom stereocenters. The zero-order chi connectivity index (χ0) is 13.7. The molecule has 2 rings (SSSR count). The van der Waals surface area contributed by atoms with Crippen molar-refractivity contribution in [1.82, 2.24) is 10.6 Å². The third-order valence-corrected chi connectivity index (χ3v) is 3.93. The van der Waals surface area contributed by atoms with E-state index in [1.165, 1.54) is 0 Å². The molecule has 112 valence electrons. The summed E-state index contributed by atoms with van der Waals surface area (Å²) in [5.41, 5.74) is 1.59. The van der Waals surface area contributed by atoms with Crippen molar-refractivity contribution in [3.63, 3.8) is 0 Å². The van der Waals surface area contributed by atoms with Gasteiger partial charge in [-0.05, 0) is 37.1 Å². The van der Waals surface area contributed by atoms with Crippen LogP contribution in [0.3, 0.4) is 0 Å². The number of amides is 1. The summed E-state index contributed by atoms with van der Waals surface area (Å²) in [7, 11) is -0.886. The molecule has 1 amide bonds. The molecule has 2 atom stereocenters. The number of nitrogens with one attached hydrogen (secondary N) is 2. The Balaban J connectivity index is 0.00000200. The van der Waals surface area contributed by atoms with Crippen LogP contribution in [0.15, 0.2) is 24.3 Å². The molecule has 1 aliphatic heterocycles. The van der Waals surface area contributed by atoms with Crippen LogP contribution in [0.25, 0.3) is 0 Å². The Hall–Kier alpha value is -0.910. The van der Waals surface area contributed by atoms with Crippen molar-refractivity contribution in [3.05, 3.63) is 35.4 Å². The summed E-state index contributed by atoms with van der Waals surface area (Å²) in [5, 5.41) is 6.31. The summed E-state index contributed by atoms with van der Waals surface area (Å²) < 4.78 is 11.2. The number of halogens is 1. The number of carbonyl (C=O) groups excluding carboxylic acids is 1. The van der Waals surface area contributed by atoms with E-state index in [9.17, 15) is 9.00 Å². The predicted octanol–water partition coefficient (Wildman–Crippen LogP) is 1.47. The first-order valence-corrected chi connectivity index (χ1v) is 8.28. The normalized spacial score (nSPS) is 19.8.